The van der Waals surface area contributed by atoms with Gasteiger partial charge in [0.15, 0.2) is 0 Å². The summed E-state index contributed by atoms with van der Waals surface area (Å²) in [4.78, 5) is 27.8. The molecular formula is C18H23N3O3. The second-order valence-electron chi connectivity index (χ2n) is 5.99. The molecule has 0 N–H and O–H groups in total. The number of hydrogen-bond donors (Lipinski definition) is 0. The molecule has 24 heavy (non-hydrogen) atoms. The first-order valence-corrected chi connectivity index (χ1v) is 8.20. The van der Waals surface area contributed by atoms with E-state index < -0.39 is 0 Å². The van der Waals surface area contributed by atoms with Crippen molar-refractivity contribution in [3.63, 3.8) is 0 Å². The summed E-state index contributed by atoms with van der Waals surface area (Å²) < 4.78 is 5.02. The molecule has 1 aromatic carbocycles. The van der Waals surface area contributed by atoms with Crippen LogP contribution in [0.2, 0.25) is 0 Å². The lowest BCUT2D eigenvalue weighted by Gasteiger charge is -2.33. The van der Waals surface area contributed by atoms with Crippen molar-refractivity contribution in [3.05, 3.63) is 35.4 Å². The molecule has 2 amide bonds. The molecule has 1 saturated heterocycles. The Morgan fingerprint density at radius 1 is 1.38 bits per heavy atom. The van der Waals surface area contributed by atoms with Gasteiger partial charge in [0.05, 0.1) is 24.2 Å². The standard InChI is InChI=1S/C18H23N3O3/c1-3-24-18(23)21-10-4-5-16(13-21)17(22)20(2)12-15-8-6-14(11-19)7-9-15/h6-9,16H,3-5,10,12-13H2,1-2H3. The molecule has 2 rings (SSSR count). The van der Waals surface area contributed by atoms with E-state index in [1.165, 1.54) is 0 Å². The Labute approximate surface area is 142 Å². The summed E-state index contributed by atoms with van der Waals surface area (Å²) in [6.07, 6.45) is 1.25. The van der Waals surface area contributed by atoms with Crippen molar-refractivity contribution in [1.82, 2.24) is 9.80 Å². The van der Waals surface area contributed by atoms with Crippen LogP contribution in [0.1, 0.15) is 30.9 Å². The number of benzene rings is 1. The molecule has 128 valence electrons. The third-order valence-corrected chi connectivity index (χ3v) is 4.18. The minimum atomic E-state index is -0.343. The SMILES string of the molecule is CCOC(=O)N1CCCC(C(=O)N(C)Cc2ccc(C#N)cc2)C1. The van der Waals surface area contributed by atoms with Crippen LogP contribution in [-0.4, -0.2) is 48.5 Å². The van der Waals surface area contributed by atoms with E-state index in [0.717, 1.165) is 18.4 Å². The third kappa shape index (κ3) is 4.48. The van der Waals surface area contributed by atoms with Crippen LogP contribution in [0.5, 0.6) is 0 Å². The molecule has 1 fully saturated rings. The zero-order chi connectivity index (χ0) is 17.5. The van der Waals surface area contributed by atoms with Crippen molar-refractivity contribution in [2.75, 3.05) is 26.7 Å². The van der Waals surface area contributed by atoms with Crippen LogP contribution in [-0.2, 0) is 16.1 Å². The molecule has 6 nitrogen and oxygen atoms in total. The van der Waals surface area contributed by atoms with E-state index in [9.17, 15) is 9.59 Å². The van der Waals surface area contributed by atoms with Gasteiger partial charge < -0.3 is 14.5 Å². The quantitative estimate of drug-likeness (QED) is 0.850. The molecule has 0 bridgehead atoms. The van der Waals surface area contributed by atoms with Crippen LogP contribution in [0.4, 0.5) is 4.79 Å². The largest absolute Gasteiger partial charge is 0.450 e. The zero-order valence-corrected chi connectivity index (χ0v) is 14.2. The van der Waals surface area contributed by atoms with Gasteiger partial charge in [-0.25, -0.2) is 4.79 Å². The Hall–Kier alpha value is -2.55. The number of nitrogens with zero attached hydrogens (tertiary/aromatic N) is 3. The van der Waals surface area contributed by atoms with Crippen LogP contribution in [0, 0.1) is 17.2 Å². The van der Waals surface area contributed by atoms with E-state index in [2.05, 4.69) is 6.07 Å². The van der Waals surface area contributed by atoms with E-state index in [1.54, 1.807) is 35.9 Å². The molecule has 1 aliphatic rings. The van der Waals surface area contributed by atoms with Gasteiger partial charge in [0, 0.05) is 26.7 Å². The highest BCUT2D eigenvalue weighted by molar-refractivity contribution is 5.80. The lowest BCUT2D eigenvalue weighted by Crippen LogP contribution is -2.45. The van der Waals surface area contributed by atoms with Crippen molar-refractivity contribution in [3.8, 4) is 6.07 Å². The smallest absolute Gasteiger partial charge is 0.409 e. The second-order valence-corrected chi connectivity index (χ2v) is 5.99. The number of rotatable bonds is 4. The minimum absolute atomic E-state index is 0.0355. The fraction of sp³-hybridized carbons (Fsp3) is 0.500. The number of hydrogen-bond acceptors (Lipinski definition) is 4. The highest BCUT2D eigenvalue weighted by Crippen LogP contribution is 2.20. The molecule has 1 heterocycles. The molecule has 1 aromatic rings. The molecule has 0 aromatic heterocycles. The van der Waals surface area contributed by atoms with Gasteiger partial charge in [-0.1, -0.05) is 12.1 Å². The molecule has 0 spiro atoms. The lowest BCUT2D eigenvalue weighted by molar-refractivity contribution is -0.136. The highest BCUT2D eigenvalue weighted by Gasteiger charge is 2.30. The van der Waals surface area contributed by atoms with Gasteiger partial charge in [0.25, 0.3) is 0 Å². The maximum Gasteiger partial charge on any atom is 0.409 e. The van der Waals surface area contributed by atoms with Gasteiger partial charge in [-0.2, -0.15) is 5.26 Å². The normalized spacial score (nSPS) is 17.0. The maximum absolute atomic E-state index is 12.6. The third-order valence-electron chi connectivity index (χ3n) is 4.18. The summed E-state index contributed by atoms with van der Waals surface area (Å²) in [5, 5.41) is 8.82. The number of nitriles is 1. The molecular weight excluding hydrogens is 306 g/mol. The fourth-order valence-corrected chi connectivity index (χ4v) is 2.91. The molecule has 0 radical (unpaired) electrons. The number of piperidine rings is 1. The summed E-state index contributed by atoms with van der Waals surface area (Å²) in [5.41, 5.74) is 1.58. The maximum atomic E-state index is 12.6. The second kappa shape index (κ2) is 8.34. The lowest BCUT2D eigenvalue weighted by atomic mass is 9.96. The number of carbonyl (C=O) groups excluding carboxylic acids is 2. The Morgan fingerprint density at radius 3 is 2.71 bits per heavy atom. The van der Waals surface area contributed by atoms with E-state index >= 15 is 0 Å². The Bertz CT molecular complexity index is 621. The average Bonchev–Trinajstić information content (AvgIpc) is 2.62. The van der Waals surface area contributed by atoms with Gasteiger partial charge in [-0.05, 0) is 37.5 Å². The van der Waals surface area contributed by atoms with E-state index in [1.807, 2.05) is 12.1 Å². The zero-order valence-electron chi connectivity index (χ0n) is 14.2. The molecule has 1 aliphatic heterocycles. The van der Waals surface area contributed by atoms with Gasteiger partial charge in [0.1, 0.15) is 0 Å². The van der Waals surface area contributed by atoms with Crippen molar-refractivity contribution < 1.29 is 14.3 Å². The topological polar surface area (TPSA) is 73.6 Å². The summed E-state index contributed by atoms with van der Waals surface area (Å²) in [6, 6.07) is 9.28. The number of ether oxygens (including phenoxy) is 1. The summed E-state index contributed by atoms with van der Waals surface area (Å²) in [6.45, 7) is 3.65. The molecule has 6 heteroatoms. The molecule has 0 aliphatic carbocycles. The number of carbonyl (C=O) groups is 2. The number of amides is 2. The van der Waals surface area contributed by atoms with Crippen LogP contribution in [0.25, 0.3) is 0 Å². The van der Waals surface area contributed by atoms with E-state index in [0.29, 0.717) is 31.8 Å². The van der Waals surface area contributed by atoms with Crippen LogP contribution < -0.4 is 0 Å². The van der Waals surface area contributed by atoms with Crippen LogP contribution in [0.15, 0.2) is 24.3 Å². The monoisotopic (exact) mass is 329 g/mol. The summed E-state index contributed by atoms with van der Waals surface area (Å²) in [7, 11) is 1.77. The van der Waals surface area contributed by atoms with Crippen molar-refractivity contribution in [2.24, 2.45) is 5.92 Å². The van der Waals surface area contributed by atoms with Gasteiger partial charge in [-0.3, -0.25) is 4.79 Å². The van der Waals surface area contributed by atoms with Crippen LogP contribution in [0.3, 0.4) is 0 Å². The van der Waals surface area contributed by atoms with E-state index in [-0.39, 0.29) is 17.9 Å². The molecule has 1 atom stereocenters. The van der Waals surface area contributed by atoms with Crippen molar-refractivity contribution >= 4 is 12.0 Å². The predicted octanol–water partition coefficient (Wildman–Crippen LogP) is 2.39. The van der Waals surface area contributed by atoms with Crippen molar-refractivity contribution in [1.29, 1.82) is 5.26 Å². The molecule has 1 unspecified atom stereocenters. The Balaban J connectivity index is 1.94. The van der Waals surface area contributed by atoms with Crippen LogP contribution >= 0.6 is 0 Å². The summed E-state index contributed by atoms with van der Waals surface area (Å²) in [5.74, 6) is -0.153. The van der Waals surface area contributed by atoms with Crippen molar-refractivity contribution in [2.45, 2.75) is 26.3 Å². The first-order chi connectivity index (χ1) is 11.5. The first kappa shape index (κ1) is 17.8. The number of likely N-dealkylation sites (tertiary alicyclic amines) is 1. The predicted molar refractivity (Wildman–Crippen MR) is 89.0 cm³/mol. The minimum Gasteiger partial charge on any atom is -0.450 e. The molecule has 0 saturated carbocycles. The van der Waals surface area contributed by atoms with E-state index in [4.69, 9.17) is 10.00 Å². The summed E-state index contributed by atoms with van der Waals surface area (Å²) >= 11 is 0. The average molecular weight is 329 g/mol. The van der Waals surface area contributed by atoms with Gasteiger partial charge in [0.2, 0.25) is 5.91 Å². The Kier molecular flexibility index (Phi) is 6.19. The Morgan fingerprint density at radius 2 is 2.08 bits per heavy atom. The van der Waals surface area contributed by atoms with Gasteiger partial charge in [-0.15, -0.1) is 0 Å². The van der Waals surface area contributed by atoms with Gasteiger partial charge >= 0.3 is 6.09 Å². The fourth-order valence-electron chi connectivity index (χ4n) is 2.91. The highest BCUT2D eigenvalue weighted by atomic mass is 16.6. The first-order valence-electron chi connectivity index (χ1n) is 8.20.